The van der Waals surface area contributed by atoms with Gasteiger partial charge in [0.2, 0.25) is 0 Å². The Morgan fingerprint density at radius 1 is 1.20 bits per heavy atom. The van der Waals surface area contributed by atoms with Gasteiger partial charge >= 0.3 is 0 Å². The highest BCUT2D eigenvalue weighted by atomic mass is 127. The van der Waals surface area contributed by atoms with E-state index in [1.807, 2.05) is 42.5 Å². The number of nitrogens with one attached hydrogen (secondary N) is 1. The number of fused-ring (bicyclic) bond motifs is 1. The molecule has 20 heavy (non-hydrogen) atoms. The van der Waals surface area contributed by atoms with Crippen LogP contribution >= 0.6 is 50.7 Å². The SMILES string of the molecule is O=c1c2cc(I)ccc2[nH]c(=S)n1-c1cccc(Br)c1. The molecule has 0 atom stereocenters. The number of H-pyrrole nitrogens is 1. The van der Waals surface area contributed by atoms with Crippen LogP contribution in [0.25, 0.3) is 16.6 Å². The van der Waals surface area contributed by atoms with Gasteiger partial charge in [0.25, 0.3) is 5.56 Å². The minimum Gasteiger partial charge on any atom is -0.331 e. The van der Waals surface area contributed by atoms with Gasteiger partial charge in [-0.2, -0.15) is 0 Å². The number of aromatic amines is 1. The minimum atomic E-state index is -0.111. The van der Waals surface area contributed by atoms with Crippen molar-refractivity contribution in [2.45, 2.75) is 0 Å². The van der Waals surface area contributed by atoms with Crippen LogP contribution in [0.4, 0.5) is 0 Å². The maximum Gasteiger partial charge on any atom is 0.266 e. The lowest BCUT2D eigenvalue weighted by molar-refractivity contribution is 0.939. The smallest absolute Gasteiger partial charge is 0.266 e. The molecule has 0 saturated heterocycles. The predicted molar refractivity (Wildman–Crippen MR) is 95.1 cm³/mol. The highest BCUT2D eigenvalue weighted by Crippen LogP contribution is 2.17. The van der Waals surface area contributed by atoms with Crippen molar-refractivity contribution in [2.24, 2.45) is 0 Å². The van der Waals surface area contributed by atoms with Crippen LogP contribution in [-0.2, 0) is 0 Å². The summed E-state index contributed by atoms with van der Waals surface area (Å²) in [5.74, 6) is 0. The molecule has 0 radical (unpaired) electrons. The van der Waals surface area contributed by atoms with Gasteiger partial charge in [0, 0.05) is 8.04 Å². The zero-order chi connectivity index (χ0) is 14.3. The second-order valence-corrected chi connectivity index (χ2v) is 6.79. The molecule has 0 bridgehead atoms. The average molecular weight is 459 g/mol. The third-order valence-electron chi connectivity index (χ3n) is 2.93. The highest BCUT2D eigenvalue weighted by molar-refractivity contribution is 14.1. The Bertz CT molecular complexity index is 932. The number of hydrogen-bond donors (Lipinski definition) is 1. The van der Waals surface area contributed by atoms with Crippen molar-refractivity contribution >= 4 is 61.6 Å². The van der Waals surface area contributed by atoms with Crippen LogP contribution < -0.4 is 5.56 Å². The van der Waals surface area contributed by atoms with E-state index in [4.69, 9.17) is 12.2 Å². The molecule has 0 unspecified atom stereocenters. The molecule has 3 aromatic rings. The molecular weight excluding hydrogens is 451 g/mol. The largest absolute Gasteiger partial charge is 0.331 e. The second-order valence-electron chi connectivity index (χ2n) is 4.24. The van der Waals surface area contributed by atoms with Crippen molar-refractivity contribution in [1.29, 1.82) is 0 Å². The summed E-state index contributed by atoms with van der Waals surface area (Å²) in [6, 6.07) is 13.2. The molecule has 0 aliphatic rings. The summed E-state index contributed by atoms with van der Waals surface area (Å²) >= 11 is 10.9. The number of aromatic nitrogens is 2. The van der Waals surface area contributed by atoms with Gasteiger partial charge in [-0.25, -0.2) is 0 Å². The van der Waals surface area contributed by atoms with E-state index in [0.717, 1.165) is 19.2 Å². The Labute approximate surface area is 141 Å². The first-order chi connectivity index (χ1) is 9.56. The Balaban J connectivity index is 2.42. The molecule has 6 heteroatoms. The highest BCUT2D eigenvalue weighted by Gasteiger charge is 2.08. The first kappa shape index (κ1) is 14.0. The number of rotatable bonds is 1. The van der Waals surface area contributed by atoms with Crippen molar-refractivity contribution in [3.8, 4) is 5.69 Å². The fourth-order valence-electron chi connectivity index (χ4n) is 2.04. The van der Waals surface area contributed by atoms with Crippen LogP contribution in [0.5, 0.6) is 0 Å². The third kappa shape index (κ3) is 2.47. The van der Waals surface area contributed by atoms with Crippen molar-refractivity contribution in [2.75, 3.05) is 0 Å². The van der Waals surface area contributed by atoms with Crippen molar-refractivity contribution in [1.82, 2.24) is 9.55 Å². The van der Waals surface area contributed by atoms with Crippen LogP contribution in [-0.4, -0.2) is 9.55 Å². The lowest BCUT2D eigenvalue weighted by Gasteiger charge is -2.08. The minimum absolute atomic E-state index is 0.111. The van der Waals surface area contributed by atoms with Crippen LogP contribution in [0.1, 0.15) is 0 Å². The van der Waals surface area contributed by atoms with E-state index in [0.29, 0.717) is 10.2 Å². The molecule has 1 N–H and O–H groups in total. The van der Waals surface area contributed by atoms with Crippen LogP contribution in [0.15, 0.2) is 51.7 Å². The number of nitrogens with zero attached hydrogens (tertiary/aromatic N) is 1. The van der Waals surface area contributed by atoms with Crippen molar-refractivity contribution in [3.63, 3.8) is 0 Å². The number of hydrogen-bond acceptors (Lipinski definition) is 2. The second kappa shape index (κ2) is 5.42. The van der Waals surface area contributed by atoms with E-state index in [1.54, 1.807) is 0 Å². The Hall–Kier alpha value is -0.990. The van der Waals surface area contributed by atoms with E-state index in [1.165, 1.54) is 4.57 Å². The molecule has 0 aliphatic carbocycles. The first-order valence-corrected chi connectivity index (χ1v) is 8.05. The lowest BCUT2D eigenvalue weighted by Crippen LogP contribution is -2.20. The molecule has 3 rings (SSSR count). The summed E-state index contributed by atoms with van der Waals surface area (Å²) in [7, 11) is 0. The molecule has 0 fully saturated rings. The van der Waals surface area contributed by atoms with Crippen molar-refractivity contribution in [3.05, 3.63) is 65.6 Å². The summed E-state index contributed by atoms with van der Waals surface area (Å²) in [5, 5.41) is 0.630. The monoisotopic (exact) mass is 458 g/mol. The maximum absolute atomic E-state index is 12.7. The summed E-state index contributed by atoms with van der Waals surface area (Å²) in [6.45, 7) is 0. The molecule has 0 saturated carbocycles. The molecule has 0 aliphatic heterocycles. The molecule has 1 aromatic heterocycles. The topological polar surface area (TPSA) is 37.8 Å². The summed E-state index contributed by atoms with van der Waals surface area (Å²) in [4.78, 5) is 15.8. The maximum atomic E-state index is 12.7. The third-order valence-corrected chi connectivity index (χ3v) is 4.38. The first-order valence-electron chi connectivity index (χ1n) is 5.77. The molecule has 0 amide bonds. The van der Waals surface area contributed by atoms with E-state index in [9.17, 15) is 4.79 Å². The molecule has 100 valence electrons. The van der Waals surface area contributed by atoms with Gasteiger partial charge in [-0.05, 0) is 71.2 Å². The molecular formula is C14H8BrIN2OS. The van der Waals surface area contributed by atoms with Gasteiger partial charge in [0.1, 0.15) is 0 Å². The van der Waals surface area contributed by atoms with E-state index < -0.39 is 0 Å². The molecule has 3 nitrogen and oxygen atoms in total. The quantitative estimate of drug-likeness (QED) is 0.433. The summed E-state index contributed by atoms with van der Waals surface area (Å²) < 4.78 is 3.82. The van der Waals surface area contributed by atoms with Crippen molar-refractivity contribution < 1.29 is 0 Å². The Kier molecular flexibility index (Phi) is 3.78. The van der Waals surface area contributed by atoms with Crippen LogP contribution in [0.3, 0.4) is 0 Å². The van der Waals surface area contributed by atoms with Crippen LogP contribution in [0, 0.1) is 8.34 Å². The van der Waals surface area contributed by atoms with Gasteiger partial charge < -0.3 is 4.98 Å². The van der Waals surface area contributed by atoms with Gasteiger partial charge in [-0.15, -0.1) is 0 Å². The van der Waals surface area contributed by atoms with E-state index >= 15 is 0 Å². The lowest BCUT2D eigenvalue weighted by atomic mass is 10.2. The van der Waals surface area contributed by atoms with Gasteiger partial charge in [-0.1, -0.05) is 22.0 Å². The molecule has 2 aromatic carbocycles. The summed E-state index contributed by atoms with van der Waals surface area (Å²) in [6.07, 6.45) is 0. The Morgan fingerprint density at radius 3 is 2.75 bits per heavy atom. The predicted octanol–water partition coefficient (Wildman–Crippen LogP) is 4.42. The normalized spacial score (nSPS) is 10.9. The molecule has 0 spiro atoms. The van der Waals surface area contributed by atoms with E-state index in [2.05, 4.69) is 43.5 Å². The molecule has 1 heterocycles. The van der Waals surface area contributed by atoms with Gasteiger partial charge in [0.05, 0.1) is 16.6 Å². The summed E-state index contributed by atoms with van der Waals surface area (Å²) in [5.41, 5.74) is 1.39. The fourth-order valence-corrected chi connectivity index (χ4v) is 3.21. The average Bonchev–Trinajstić information content (AvgIpc) is 2.40. The number of halogens is 2. The Morgan fingerprint density at radius 2 is 2.00 bits per heavy atom. The van der Waals surface area contributed by atoms with Gasteiger partial charge in [-0.3, -0.25) is 9.36 Å². The zero-order valence-corrected chi connectivity index (χ0v) is 14.6. The zero-order valence-electron chi connectivity index (χ0n) is 10.1. The van der Waals surface area contributed by atoms with E-state index in [-0.39, 0.29) is 5.56 Å². The number of benzene rings is 2. The standard InChI is InChI=1S/C14H8BrIN2OS/c15-8-2-1-3-10(6-8)18-13(19)11-7-9(16)4-5-12(11)17-14(18)20/h1-7H,(H,17,20). The van der Waals surface area contributed by atoms with Gasteiger partial charge in [0.15, 0.2) is 4.77 Å². The fraction of sp³-hybridized carbons (Fsp3) is 0. The van der Waals surface area contributed by atoms with Crippen LogP contribution in [0.2, 0.25) is 0 Å².